The molecule has 0 radical (unpaired) electrons. The number of hydrogen-bond acceptors (Lipinski definition) is 5. The van der Waals surface area contributed by atoms with Crippen LogP contribution in [0.4, 0.5) is 25.4 Å². The Bertz CT molecular complexity index is 1440. The Morgan fingerprint density at radius 1 is 1.02 bits per heavy atom. The van der Waals surface area contributed by atoms with Crippen molar-refractivity contribution in [2.24, 2.45) is 0 Å². The Balaban J connectivity index is 1.10. The van der Waals surface area contributed by atoms with Crippen molar-refractivity contribution in [3.8, 4) is 0 Å². The zero-order valence-electron chi connectivity index (χ0n) is 25.3. The Morgan fingerprint density at radius 2 is 1.72 bits per heavy atom. The molecule has 2 saturated heterocycles. The summed E-state index contributed by atoms with van der Waals surface area (Å²) in [6, 6.07) is 15.0. The van der Waals surface area contributed by atoms with Crippen molar-refractivity contribution in [1.29, 1.82) is 0 Å². The predicted molar refractivity (Wildman–Crippen MR) is 164 cm³/mol. The summed E-state index contributed by atoms with van der Waals surface area (Å²) in [7, 11) is 1.42. The summed E-state index contributed by atoms with van der Waals surface area (Å²) in [5.41, 5.74) is 4.80. The van der Waals surface area contributed by atoms with E-state index in [4.69, 9.17) is 9.72 Å². The summed E-state index contributed by atoms with van der Waals surface area (Å²) in [5.74, 6) is 0.710. The van der Waals surface area contributed by atoms with Gasteiger partial charge in [-0.1, -0.05) is 17.7 Å². The molecule has 3 aliphatic heterocycles. The maximum Gasteiger partial charge on any atom is 0.409 e. The fourth-order valence-corrected chi connectivity index (χ4v) is 7.34. The highest BCUT2D eigenvalue weighted by Gasteiger charge is 2.42. The van der Waals surface area contributed by atoms with Gasteiger partial charge in [-0.15, -0.1) is 0 Å². The first kappa shape index (κ1) is 29.2. The van der Waals surface area contributed by atoms with E-state index in [2.05, 4.69) is 21.7 Å². The molecule has 2 aromatic carbocycles. The average molecular weight is 589 g/mol. The molecule has 1 aromatic heterocycles. The molecule has 0 aliphatic carbocycles. The smallest absolute Gasteiger partial charge is 0.409 e. The Kier molecular flexibility index (Phi) is 8.38. The molecule has 2 bridgehead atoms. The van der Waals surface area contributed by atoms with Crippen LogP contribution in [-0.4, -0.2) is 70.3 Å². The summed E-state index contributed by atoms with van der Waals surface area (Å²) < 4.78 is 21.1. The number of benzene rings is 2. The lowest BCUT2D eigenvalue weighted by atomic mass is 9.95. The molecule has 43 heavy (non-hydrogen) atoms. The molecule has 3 aliphatic rings. The molecule has 1 unspecified atom stereocenters. The Morgan fingerprint density at radius 3 is 2.40 bits per heavy atom. The summed E-state index contributed by atoms with van der Waals surface area (Å²) >= 11 is 0. The van der Waals surface area contributed by atoms with Crippen LogP contribution in [0, 0.1) is 19.7 Å². The van der Waals surface area contributed by atoms with Crippen LogP contribution in [0.3, 0.4) is 0 Å². The van der Waals surface area contributed by atoms with Crippen molar-refractivity contribution >= 4 is 23.5 Å². The average Bonchev–Trinajstić information content (AvgIpc) is 3.45. The third-order valence-electron chi connectivity index (χ3n) is 9.37. The normalized spacial score (nSPS) is 21.4. The number of methoxy groups -OCH3 is 1. The van der Waals surface area contributed by atoms with Crippen LogP contribution in [0.2, 0.25) is 0 Å². The van der Waals surface area contributed by atoms with Crippen molar-refractivity contribution in [3.05, 3.63) is 77.1 Å². The number of amides is 3. The largest absolute Gasteiger partial charge is 0.453 e. The molecule has 2 fully saturated rings. The molecule has 0 spiro atoms. The van der Waals surface area contributed by atoms with Gasteiger partial charge in [-0.25, -0.2) is 19.0 Å². The van der Waals surface area contributed by atoms with Gasteiger partial charge >= 0.3 is 12.1 Å². The zero-order valence-corrected chi connectivity index (χ0v) is 25.3. The lowest BCUT2D eigenvalue weighted by Gasteiger charge is -2.41. The van der Waals surface area contributed by atoms with Gasteiger partial charge in [0.05, 0.1) is 19.3 Å². The molecule has 3 atom stereocenters. The van der Waals surface area contributed by atoms with Crippen LogP contribution >= 0.6 is 0 Å². The molecule has 9 nitrogen and oxygen atoms in total. The number of nitrogens with zero attached hydrogens (tertiary/aromatic N) is 5. The number of carbonyl (C=O) groups excluding carboxylic acids is 2. The van der Waals surface area contributed by atoms with E-state index in [0.29, 0.717) is 43.4 Å². The van der Waals surface area contributed by atoms with Gasteiger partial charge in [0.1, 0.15) is 11.6 Å². The fraction of sp³-hybridized carbons (Fsp3) is 0.485. The minimum atomic E-state index is -0.322. The van der Waals surface area contributed by atoms with Gasteiger partial charge in [0, 0.05) is 61.2 Å². The van der Waals surface area contributed by atoms with Crippen molar-refractivity contribution in [2.75, 3.05) is 37.0 Å². The predicted octanol–water partition coefficient (Wildman–Crippen LogP) is 6.06. The van der Waals surface area contributed by atoms with Crippen LogP contribution in [0.25, 0.3) is 0 Å². The first-order chi connectivity index (χ1) is 20.8. The van der Waals surface area contributed by atoms with E-state index >= 15 is 0 Å². The van der Waals surface area contributed by atoms with E-state index < -0.39 is 0 Å². The number of aromatic nitrogens is 2. The highest BCUT2D eigenvalue weighted by molar-refractivity contribution is 6.01. The van der Waals surface area contributed by atoms with Gasteiger partial charge in [-0.2, -0.15) is 0 Å². The lowest BCUT2D eigenvalue weighted by molar-refractivity contribution is 0.103. The molecule has 0 saturated carbocycles. The quantitative estimate of drug-likeness (QED) is 0.363. The van der Waals surface area contributed by atoms with Gasteiger partial charge in [0.25, 0.3) is 0 Å². The number of halogens is 1. The molecule has 228 valence electrons. The molecule has 1 N–H and O–H groups in total. The molecule has 10 heteroatoms. The highest BCUT2D eigenvalue weighted by atomic mass is 19.1. The molecule has 4 heterocycles. The molecule has 3 aromatic rings. The first-order valence-electron chi connectivity index (χ1n) is 15.4. The molecule has 6 rings (SSSR count). The van der Waals surface area contributed by atoms with Crippen LogP contribution in [-0.2, 0) is 17.7 Å². The number of imidazole rings is 1. The van der Waals surface area contributed by atoms with Crippen molar-refractivity contribution in [2.45, 2.75) is 77.0 Å². The third kappa shape index (κ3) is 6.11. The Labute approximate surface area is 252 Å². The SMILES string of the molecule is COC(=O)N1CCc2c(nc(C)n2C2C[C@H]3CC[C@@H](C2)N3CCCN(C(=O)Nc2ccc(C)cc2)c2ccc(F)cc2)C1. The van der Waals surface area contributed by atoms with E-state index in [1.54, 1.807) is 21.9 Å². The zero-order chi connectivity index (χ0) is 30.1. The fourth-order valence-electron chi connectivity index (χ4n) is 7.34. The Hall–Kier alpha value is -3.92. The minimum Gasteiger partial charge on any atom is -0.453 e. The van der Waals surface area contributed by atoms with E-state index in [-0.39, 0.29) is 17.9 Å². The van der Waals surface area contributed by atoms with Crippen LogP contribution in [0.15, 0.2) is 48.5 Å². The van der Waals surface area contributed by atoms with E-state index in [9.17, 15) is 14.0 Å². The standard InChI is InChI=1S/C33H41FN6O3/c1-22-5-9-25(10-6-22)36-32(41)39(26-11-7-24(34)8-12-26)17-4-16-38-27-13-14-28(38)20-29(19-27)40-23(2)35-30-21-37(33(42)43-3)18-15-31(30)40/h5-12,27-29H,4,13-21H2,1-3H3,(H,36,41)/t27-,28+,29?. The lowest BCUT2D eigenvalue weighted by Crippen LogP contribution is -2.45. The number of ether oxygens (including phenoxy) is 1. The van der Waals surface area contributed by atoms with Gasteiger partial charge in [0.15, 0.2) is 0 Å². The number of fused-ring (bicyclic) bond motifs is 3. The second kappa shape index (κ2) is 12.4. The summed E-state index contributed by atoms with van der Waals surface area (Å²) in [6.45, 7) is 6.69. The van der Waals surface area contributed by atoms with Gasteiger partial charge in [0.2, 0.25) is 0 Å². The number of aryl methyl sites for hydroxylation is 2. The number of nitrogens with one attached hydrogen (secondary N) is 1. The van der Waals surface area contributed by atoms with E-state index in [1.807, 2.05) is 31.2 Å². The number of carbonyl (C=O) groups is 2. The molecular formula is C33H41FN6O3. The minimum absolute atomic E-state index is 0.219. The molecule has 3 amide bonds. The second-order valence-corrected chi connectivity index (χ2v) is 12.1. The van der Waals surface area contributed by atoms with Gasteiger partial charge in [-0.05, 0) is 82.3 Å². The number of piperidine rings is 1. The molecular weight excluding hydrogens is 547 g/mol. The number of urea groups is 1. The van der Waals surface area contributed by atoms with E-state index in [1.165, 1.54) is 37.8 Å². The second-order valence-electron chi connectivity index (χ2n) is 12.1. The van der Waals surface area contributed by atoms with E-state index in [0.717, 1.165) is 55.0 Å². The monoisotopic (exact) mass is 588 g/mol. The third-order valence-corrected chi connectivity index (χ3v) is 9.37. The maximum atomic E-state index is 13.7. The summed E-state index contributed by atoms with van der Waals surface area (Å²) in [5, 5.41) is 3.01. The summed E-state index contributed by atoms with van der Waals surface area (Å²) in [4.78, 5) is 36.4. The van der Waals surface area contributed by atoms with Gasteiger partial charge < -0.3 is 19.5 Å². The number of rotatable bonds is 7. The number of hydrogen-bond donors (Lipinski definition) is 1. The van der Waals surface area contributed by atoms with Crippen molar-refractivity contribution in [1.82, 2.24) is 19.4 Å². The van der Waals surface area contributed by atoms with Crippen molar-refractivity contribution in [3.63, 3.8) is 0 Å². The van der Waals surface area contributed by atoms with Crippen molar-refractivity contribution < 1.29 is 18.7 Å². The highest BCUT2D eigenvalue weighted by Crippen LogP contribution is 2.42. The topological polar surface area (TPSA) is 82.9 Å². The summed E-state index contributed by atoms with van der Waals surface area (Å²) in [6.07, 6.45) is 5.84. The maximum absolute atomic E-state index is 13.7. The number of anilines is 2. The van der Waals surface area contributed by atoms with Crippen LogP contribution < -0.4 is 10.2 Å². The van der Waals surface area contributed by atoms with Crippen LogP contribution in [0.5, 0.6) is 0 Å². The first-order valence-corrected chi connectivity index (χ1v) is 15.4. The van der Waals surface area contributed by atoms with Gasteiger partial charge in [-0.3, -0.25) is 9.80 Å². The van der Waals surface area contributed by atoms with Crippen LogP contribution in [0.1, 0.15) is 60.9 Å².